The zero-order chi connectivity index (χ0) is 22.5. The van der Waals surface area contributed by atoms with Gasteiger partial charge in [-0.2, -0.15) is 11.8 Å². The Bertz CT molecular complexity index is 1090. The summed E-state index contributed by atoms with van der Waals surface area (Å²) in [6.07, 6.45) is 3.36. The molecule has 2 aromatic carbocycles. The Labute approximate surface area is 192 Å². The lowest BCUT2D eigenvalue weighted by atomic mass is 9.76. The van der Waals surface area contributed by atoms with Crippen molar-refractivity contribution in [1.82, 2.24) is 10.2 Å². The van der Waals surface area contributed by atoms with E-state index >= 15 is 0 Å². The Morgan fingerprint density at radius 2 is 1.84 bits per heavy atom. The highest BCUT2D eigenvalue weighted by Crippen LogP contribution is 2.53. The summed E-state index contributed by atoms with van der Waals surface area (Å²) in [4.78, 5) is 42.1. The van der Waals surface area contributed by atoms with Gasteiger partial charge >= 0.3 is 0 Å². The van der Waals surface area contributed by atoms with Crippen molar-refractivity contribution in [3.63, 3.8) is 0 Å². The van der Waals surface area contributed by atoms with Crippen molar-refractivity contribution in [2.75, 3.05) is 23.9 Å². The molecule has 0 saturated carbocycles. The molecule has 2 N–H and O–H groups in total. The first-order chi connectivity index (χ1) is 15.5. The number of benzene rings is 2. The third-order valence-corrected chi connectivity index (χ3v) is 7.71. The van der Waals surface area contributed by atoms with Crippen molar-refractivity contribution in [2.45, 2.75) is 31.3 Å². The van der Waals surface area contributed by atoms with Crippen LogP contribution in [-0.4, -0.2) is 47.2 Å². The van der Waals surface area contributed by atoms with Crippen molar-refractivity contribution in [2.24, 2.45) is 11.8 Å². The number of likely N-dealkylation sites (tertiary alicyclic amines) is 1. The summed E-state index contributed by atoms with van der Waals surface area (Å²) in [6, 6.07) is 15.4. The summed E-state index contributed by atoms with van der Waals surface area (Å²) in [7, 11) is 0. The van der Waals surface area contributed by atoms with Gasteiger partial charge < -0.3 is 5.32 Å². The Hall–Kier alpha value is -2.64. The topological polar surface area (TPSA) is 78.5 Å². The zero-order valence-electron chi connectivity index (χ0n) is 18.3. The van der Waals surface area contributed by atoms with Gasteiger partial charge in [-0.1, -0.05) is 48.0 Å². The molecule has 0 bridgehead atoms. The summed E-state index contributed by atoms with van der Waals surface area (Å²) in [6.45, 7) is 2.31. The smallest absolute Gasteiger partial charge is 0.250 e. The number of amides is 3. The highest BCUT2D eigenvalue weighted by molar-refractivity contribution is 7.98. The van der Waals surface area contributed by atoms with Gasteiger partial charge in [0.15, 0.2) is 0 Å². The minimum Gasteiger partial charge on any atom is -0.324 e. The van der Waals surface area contributed by atoms with Crippen LogP contribution < -0.4 is 10.6 Å². The molecule has 2 fully saturated rings. The van der Waals surface area contributed by atoms with E-state index in [9.17, 15) is 14.4 Å². The second-order valence-corrected chi connectivity index (χ2v) is 9.90. The van der Waals surface area contributed by atoms with Gasteiger partial charge in [0.2, 0.25) is 17.7 Å². The molecule has 0 unspecified atom stereocenters. The third-order valence-electron chi connectivity index (χ3n) is 7.06. The predicted octanol–water partition coefficient (Wildman–Crippen LogP) is 2.71. The monoisotopic (exact) mass is 449 g/mol. The van der Waals surface area contributed by atoms with Crippen LogP contribution in [0.4, 0.5) is 5.69 Å². The van der Waals surface area contributed by atoms with Crippen molar-refractivity contribution < 1.29 is 14.4 Å². The van der Waals surface area contributed by atoms with Crippen LogP contribution in [0.25, 0.3) is 0 Å². The molecule has 0 radical (unpaired) electrons. The molecule has 3 amide bonds. The van der Waals surface area contributed by atoms with Crippen LogP contribution in [0.5, 0.6) is 0 Å². The molecule has 3 aliphatic heterocycles. The van der Waals surface area contributed by atoms with Crippen LogP contribution in [0.3, 0.4) is 0 Å². The Balaban J connectivity index is 1.53. The highest BCUT2D eigenvalue weighted by atomic mass is 32.2. The van der Waals surface area contributed by atoms with Crippen molar-refractivity contribution in [1.29, 1.82) is 0 Å². The van der Waals surface area contributed by atoms with Gasteiger partial charge in [-0.25, -0.2) is 0 Å². The van der Waals surface area contributed by atoms with Crippen LogP contribution in [0.15, 0.2) is 48.5 Å². The average Bonchev–Trinajstić information content (AvgIpc) is 3.37. The molecular formula is C25H27N3O3S. The van der Waals surface area contributed by atoms with E-state index in [1.54, 1.807) is 11.8 Å². The number of fused-ring (bicyclic) bond motifs is 4. The zero-order valence-corrected chi connectivity index (χ0v) is 19.1. The fourth-order valence-electron chi connectivity index (χ4n) is 5.57. The lowest BCUT2D eigenvalue weighted by Crippen LogP contribution is -2.53. The third kappa shape index (κ3) is 3.10. The predicted molar refractivity (Wildman–Crippen MR) is 125 cm³/mol. The van der Waals surface area contributed by atoms with Crippen molar-refractivity contribution in [3.8, 4) is 0 Å². The van der Waals surface area contributed by atoms with E-state index in [2.05, 4.69) is 10.6 Å². The van der Waals surface area contributed by atoms with E-state index < -0.39 is 17.4 Å². The summed E-state index contributed by atoms with van der Waals surface area (Å²) < 4.78 is 0. The molecule has 166 valence electrons. The molecule has 3 aliphatic rings. The van der Waals surface area contributed by atoms with Gasteiger partial charge in [0.05, 0.1) is 11.8 Å². The molecule has 3 heterocycles. The largest absolute Gasteiger partial charge is 0.324 e. The van der Waals surface area contributed by atoms with Crippen LogP contribution in [0, 0.1) is 18.8 Å². The fourth-order valence-corrected chi connectivity index (χ4v) is 6.06. The number of rotatable bonds is 6. The van der Waals surface area contributed by atoms with Crippen molar-refractivity contribution >= 4 is 35.2 Å². The number of carbonyl (C=O) groups is 3. The molecule has 5 rings (SSSR count). The van der Waals surface area contributed by atoms with Gasteiger partial charge in [-0.15, -0.1) is 0 Å². The van der Waals surface area contributed by atoms with Crippen LogP contribution in [0.1, 0.15) is 23.1 Å². The van der Waals surface area contributed by atoms with Crippen LogP contribution >= 0.6 is 11.8 Å². The molecular weight excluding hydrogens is 422 g/mol. The second kappa shape index (κ2) is 8.05. The first-order valence-corrected chi connectivity index (χ1v) is 12.4. The van der Waals surface area contributed by atoms with Crippen molar-refractivity contribution in [3.05, 3.63) is 65.2 Å². The molecule has 1 spiro atoms. The number of nitrogens with one attached hydrogen (secondary N) is 2. The van der Waals surface area contributed by atoms with E-state index in [1.165, 1.54) is 4.90 Å². The van der Waals surface area contributed by atoms with Crippen LogP contribution in [0.2, 0.25) is 0 Å². The number of carbonyl (C=O) groups excluding carboxylic acids is 3. The first-order valence-electron chi connectivity index (χ1n) is 11.1. The molecule has 6 nitrogen and oxygen atoms in total. The molecule has 32 heavy (non-hydrogen) atoms. The quantitative estimate of drug-likeness (QED) is 0.663. The minimum atomic E-state index is -1.19. The molecule has 4 atom stereocenters. The molecule has 0 aromatic heterocycles. The van der Waals surface area contributed by atoms with E-state index in [1.807, 2.05) is 61.7 Å². The maximum atomic E-state index is 13.7. The Morgan fingerprint density at radius 3 is 2.59 bits per heavy atom. The summed E-state index contributed by atoms with van der Waals surface area (Å²) in [5.74, 6) is -1.01. The standard InChI is InChI=1S/C25H27N3O3S/c1-15-8-9-18-17(14-15)25(24(31)26-18)21-20(19(27-25)11-13-32-2)22(29)28(23(21)30)12-10-16-6-4-3-5-7-16/h3-9,14,19-21,27H,10-13H2,1-2H3,(H,26,31)/t19-,20+,21-,25-/m0/s1. The van der Waals surface area contributed by atoms with E-state index in [0.717, 1.165) is 34.6 Å². The van der Waals surface area contributed by atoms with E-state index in [0.29, 0.717) is 13.0 Å². The molecule has 7 heteroatoms. The molecule has 0 aliphatic carbocycles. The first kappa shape index (κ1) is 21.2. The van der Waals surface area contributed by atoms with E-state index in [-0.39, 0.29) is 23.8 Å². The van der Waals surface area contributed by atoms with Gasteiger partial charge in [0, 0.05) is 23.8 Å². The van der Waals surface area contributed by atoms with Gasteiger partial charge in [0.1, 0.15) is 5.54 Å². The van der Waals surface area contributed by atoms with E-state index in [4.69, 9.17) is 0 Å². The second-order valence-electron chi connectivity index (χ2n) is 8.91. The van der Waals surface area contributed by atoms with Gasteiger partial charge in [-0.3, -0.25) is 24.6 Å². The lowest BCUT2D eigenvalue weighted by Gasteiger charge is -2.29. The van der Waals surface area contributed by atoms with Gasteiger partial charge in [-0.05, 0) is 43.4 Å². The Morgan fingerprint density at radius 1 is 1.06 bits per heavy atom. The Kier molecular flexibility index (Phi) is 5.34. The normalized spacial score (nSPS) is 28.4. The average molecular weight is 450 g/mol. The fraction of sp³-hybridized carbons (Fsp3) is 0.400. The number of imide groups is 1. The summed E-state index contributed by atoms with van der Waals surface area (Å²) >= 11 is 1.70. The van der Waals surface area contributed by atoms with Crippen LogP contribution in [-0.2, 0) is 26.3 Å². The molecule has 2 aromatic rings. The number of anilines is 1. The lowest BCUT2D eigenvalue weighted by molar-refractivity contribution is -0.142. The number of thioether (sulfide) groups is 1. The molecule has 2 saturated heterocycles. The number of hydrogen-bond donors (Lipinski definition) is 2. The number of hydrogen-bond acceptors (Lipinski definition) is 5. The number of nitrogens with zero attached hydrogens (tertiary/aromatic N) is 1. The SMILES string of the molecule is CSCC[C@@H]1N[C@]2(C(=O)Nc3ccc(C)cc32)[C@@H]2C(=O)N(CCc3ccccc3)C(=O)[C@H]12. The number of aryl methyl sites for hydroxylation is 1. The van der Waals surface area contributed by atoms with Gasteiger partial charge in [0.25, 0.3) is 0 Å². The summed E-state index contributed by atoms with van der Waals surface area (Å²) in [5, 5.41) is 6.46. The maximum absolute atomic E-state index is 13.7. The highest BCUT2D eigenvalue weighted by Gasteiger charge is 2.70. The maximum Gasteiger partial charge on any atom is 0.250 e. The summed E-state index contributed by atoms with van der Waals surface area (Å²) in [5.41, 5.74) is 2.42. The minimum absolute atomic E-state index is 0.152.